The van der Waals surface area contributed by atoms with Gasteiger partial charge in [0.15, 0.2) is 5.11 Å². The topological polar surface area (TPSA) is 78.9 Å². The summed E-state index contributed by atoms with van der Waals surface area (Å²) < 4.78 is 1.02. The summed E-state index contributed by atoms with van der Waals surface area (Å²) in [4.78, 5) is 20.1. The van der Waals surface area contributed by atoms with Crippen LogP contribution < -0.4 is 16.0 Å². The number of halogens is 1. The zero-order chi connectivity index (χ0) is 19.2. The number of rotatable bonds is 5. The number of hydrogen-bond acceptors (Lipinski definition) is 5. The second-order valence-electron chi connectivity index (χ2n) is 5.60. The van der Waals surface area contributed by atoms with Crippen molar-refractivity contribution >= 4 is 62.0 Å². The molecule has 138 valence electrons. The summed E-state index contributed by atoms with van der Waals surface area (Å²) in [6, 6.07) is 11.5. The number of carbonyl (C=O) groups is 1. The van der Waals surface area contributed by atoms with Crippen molar-refractivity contribution in [1.82, 2.24) is 15.3 Å². The third-order valence-corrected chi connectivity index (χ3v) is 5.18. The van der Waals surface area contributed by atoms with Crippen molar-refractivity contribution in [2.24, 2.45) is 0 Å². The average molecular weight is 462 g/mol. The number of nitrogens with one attached hydrogen (secondary N) is 3. The van der Waals surface area contributed by atoms with Crippen molar-refractivity contribution in [3.05, 3.63) is 69.2 Å². The van der Waals surface area contributed by atoms with Gasteiger partial charge in [0.25, 0.3) is 5.91 Å². The van der Waals surface area contributed by atoms with Crippen LogP contribution in [0.3, 0.4) is 0 Å². The van der Waals surface area contributed by atoms with Crippen LogP contribution in [0.25, 0.3) is 0 Å². The summed E-state index contributed by atoms with van der Waals surface area (Å²) in [5.41, 5.74) is 3.81. The van der Waals surface area contributed by atoms with Crippen LogP contribution in [0.1, 0.15) is 29.0 Å². The minimum Gasteiger partial charge on any atom is -0.356 e. The Morgan fingerprint density at radius 1 is 1.19 bits per heavy atom. The van der Waals surface area contributed by atoms with Crippen LogP contribution in [0.5, 0.6) is 0 Å². The van der Waals surface area contributed by atoms with Gasteiger partial charge in [-0.2, -0.15) is 0 Å². The van der Waals surface area contributed by atoms with E-state index in [-0.39, 0.29) is 11.9 Å². The number of pyridine rings is 1. The summed E-state index contributed by atoms with van der Waals surface area (Å²) in [7, 11) is 0. The zero-order valence-electron chi connectivity index (χ0n) is 14.3. The molecular formula is C18H16BrN5OS2. The molecule has 0 aliphatic heterocycles. The molecule has 27 heavy (non-hydrogen) atoms. The van der Waals surface area contributed by atoms with Gasteiger partial charge in [0.2, 0.25) is 0 Å². The standard InChI is InChI=1S/C18H16BrN5OS2/c1-11(13-4-2-3-5-14(13)19)22-18(26)23-12-6-7-16(20-8-12)24-17(25)15-9-27-10-21-15/h2-11H,1H3,(H,20,24,25)(H2,22,23,26). The predicted molar refractivity (Wildman–Crippen MR) is 116 cm³/mol. The fourth-order valence-electron chi connectivity index (χ4n) is 2.31. The van der Waals surface area contributed by atoms with E-state index in [2.05, 4.69) is 41.8 Å². The molecule has 0 aliphatic rings. The van der Waals surface area contributed by atoms with E-state index in [0.717, 1.165) is 15.7 Å². The van der Waals surface area contributed by atoms with Gasteiger partial charge in [-0.3, -0.25) is 4.79 Å². The van der Waals surface area contributed by atoms with E-state index in [1.54, 1.807) is 29.2 Å². The molecule has 1 atom stereocenters. The highest BCUT2D eigenvalue weighted by atomic mass is 79.9. The van der Waals surface area contributed by atoms with Crippen molar-refractivity contribution in [2.75, 3.05) is 10.6 Å². The van der Waals surface area contributed by atoms with Crippen LogP contribution in [-0.4, -0.2) is 21.0 Å². The lowest BCUT2D eigenvalue weighted by molar-refractivity contribution is 0.102. The summed E-state index contributed by atoms with van der Waals surface area (Å²) in [6.45, 7) is 2.03. The van der Waals surface area contributed by atoms with Gasteiger partial charge in [-0.15, -0.1) is 11.3 Å². The fourth-order valence-corrected chi connectivity index (χ4v) is 3.77. The lowest BCUT2D eigenvalue weighted by Crippen LogP contribution is -2.31. The minimum absolute atomic E-state index is 0.0326. The lowest BCUT2D eigenvalue weighted by Gasteiger charge is -2.18. The molecule has 1 aromatic carbocycles. The SMILES string of the molecule is CC(NC(=S)Nc1ccc(NC(=O)c2cscn2)nc1)c1ccccc1Br. The van der Waals surface area contributed by atoms with Gasteiger partial charge in [0.05, 0.1) is 23.4 Å². The minimum atomic E-state index is -0.288. The van der Waals surface area contributed by atoms with E-state index in [1.807, 2.05) is 31.2 Å². The Bertz CT molecular complexity index is 931. The van der Waals surface area contributed by atoms with E-state index in [9.17, 15) is 4.79 Å². The Hall–Kier alpha value is -2.36. The van der Waals surface area contributed by atoms with Crippen molar-refractivity contribution in [1.29, 1.82) is 0 Å². The highest BCUT2D eigenvalue weighted by Gasteiger charge is 2.11. The van der Waals surface area contributed by atoms with Crippen LogP contribution in [0, 0.1) is 0 Å². The van der Waals surface area contributed by atoms with Crippen LogP contribution in [-0.2, 0) is 0 Å². The first-order valence-electron chi connectivity index (χ1n) is 8.00. The van der Waals surface area contributed by atoms with Crippen LogP contribution >= 0.6 is 39.5 Å². The fraction of sp³-hybridized carbons (Fsp3) is 0.111. The third-order valence-electron chi connectivity index (χ3n) is 3.65. The smallest absolute Gasteiger partial charge is 0.276 e. The van der Waals surface area contributed by atoms with E-state index in [0.29, 0.717) is 16.6 Å². The van der Waals surface area contributed by atoms with E-state index in [4.69, 9.17) is 12.2 Å². The number of nitrogens with zero attached hydrogens (tertiary/aromatic N) is 2. The number of anilines is 2. The Kier molecular flexibility index (Phi) is 6.49. The van der Waals surface area contributed by atoms with Gasteiger partial charge in [0, 0.05) is 9.85 Å². The molecule has 0 saturated heterocycles. The molecule has 9 heteroatoms. The first-order chi connectivity index (χ1) is 13.0. The highest BCUT2D eigenvalue weighted by Crippen LogP contribution is 2.22. The lowest BCUT2D eigenvalue weighted by atomic mass is 10.1. The maximum atomic E-state index is 12.0. The largest absolute Gasteiger partial charge is 0.356 e. The first kappa shape index (κ1) is 19.4. The van der Waals surface area contributed by atoms with Crippen LogP contribution in [0.15, 0.2) is 58.0 Å². The van der Waals surface area contributed by atoms with Gasteiger partial charge >= 0.3 is 0 Å². The molecule has 0 fully saturated rings. The predicted octanol–water partition coefficient (Wildman–Crippen LogP) is 4.60. The monoisotopic (exact) mass is 461 g/mol. The van der Waals surface area contributed by atoms with Crippen molar-refractivity contribution in [3.8, 4) is 0 Å². The Balaban J connectivity index is 1.55. The molecule has 1 unspecified atom stereocenters. The number of amides is 1. The number of carbonyl (C=O) groups excluding carboxylic acids is 1. The Morgan fingerprint density at radius 3 is 2.67 bits per heavy atom. The number of hydrogen-bond donors (Lipinski definition) is 3. The average Bonchev–Trinajstić information content (AvgIpc) is 3.18. The van der Waals surface area contributed by atoms with E-state index < -0.39 is 0 Å². The van der Waals surface area contributed by atoms with Gasteiger partial charge < -0.3 is 16.0 Å². The highest BCUT2D eigenvalue weighted by molar-refractivity contribution is 9.10. The maximum Gasteiger partial charge on any atom is 0.276 e. The van der Waals surface area contributed by atoms with Crippen molar-refractivity contribution in [3.63, 3.8) is 0 Å². The number of thiazole rings is 1. The van der Waals surface area contributed by atoms with Crippen LogP contribution in [0.4, 0.5) is 11.5 Å². The molecule has 3 rings (SSSR count). The molecule has 0 radical (unpaired) electrons. The number of aromatic nitrogens is 2. The molecule has 0 bridgehead atoms. The number of thiocarbonyl (C=S) groups is 1. The molecule has 3 N–H and O–H groups in total. The molecule has 2 heterocycles. The summed E-state index contributed by atoms with van der Waals surface area (Å²) >= 11 is 10.3. The third kappa shape index (κ3) is 5.31. The van der Waals surface area contributed by atoms with Crippen LogP contribution in [0.2, 0.25) is 0 Å². The molecule has 2 aromatic heterocycles. The van der Waals surface area contributed by atoms with Crippen molar-refractivity contribution < 1.29 is 4.79 Å². The van der Waals surface area contributed by atoms with Crippen molar-refractivity contribution in [2.45, 2.75) is 13.0 Å². The molecule has 0 aliphatic carbocycles. The van der Waals surface area contributed by atoms with E-state index >= 15 is 0 Å². The second-order valence-corrected chi connectivity index (χ2v) is 7.58. The van der Waals surface area contributed by atoms with Gasteiger partial charge in [-0.05, 0) is 42.9 Å². The zero-order valence-corrected chi connectivity index (χ0v) is 17.5. The second kappa shape index (κ2) is 9.03. The van der Waals surface area contributed by atoms with E-state index in [1.165, 1.54) is 11.3 Å². The maximum absolute atomic E-state index is 12.0. The molecule has 0 saturated carbocycles. The first-order valence-corrected chi connectivity index (χ1v) is 10.1. The molecular weight excluding hydrogens is 446 g/mol. The van der Waals surface area contributed by atoms with Gasteiger partial charge in [0.1, 0.15) is 11.5 Å². The molecule has 1 amide bonds. The quantitative estimate of drug-likeness (QED) is 0.481. The van der Waals surface area contributed by atoms with Gasteiger partial charge in [-0.25, -0.2) is 9.97 Å². The normalized spacial score (nSPS) is 11.5. The Labute approximate surface area is 174 Å². The molecule has 3 aromatic rings. The Morgan fingerprint density at radius 2 is 2.00 bits per heavy atom. The molecule has 0 spiro atoms. The van der Waals surface area contributed by atoms with Gasteiger partial charge in [-0.1, -0.05) is 34.1 Å². The molecule has 6 nitrogen and oxygen atoms in total. The summed E-state index contributed by atoms with van der Waals surface area (Å²) in [5.74, 6) is 0.155. The summed E-state index contributed by atoms with van der Waals surface area (Å²) in [6.07, 6.45) is 1.60. The summed E-state index contributed by atoms with van der Waals surface area (Å²) in [5, 5.41) is 11.2. The number of benzene rings is 1.